The van der Waals surface area contributed by atoms with Gasteiger partial charge < -0.3 is 10.1 Å². The molecule has 2 nitrogen and oxygen atoms in total. The van der Waals surface area contributed by atoms with Crippen molar-refractivity contribution in [2.75, 3.05) is 26.3 Å². The predicted molar refractivity (Wildman–Crippen MR) is 95.1 cm³/mol. The molecular formula is C19H41NO. The Kier molecular flexibility index (Phi) is 19.8. The van der Waals surface area contributed by atoms with Gasteiger partial charge in [0, 0.05) is 13.2 Å². The number of rotatable bonds is 18. The molecule has 0 aliphatic rings. The van der Waals surface area contributed by atoms with Gasteiger partial charge in [0.2, 0.25) is 0 Å². The summed E-state index contributed by atoms with van der Waals surface area (Å²) in [7, 11) is 0. The molecule has 0 heterocycles. The fraction of sp³-hybridized carbons (Fsp3) is 1.00. The van der Waals surface area contributed by atoms with Crippen molar-refractivity contribution in [1.29, 1.82) is 0 Å². The van der Waals surface area contributed by atoms with Gasteiger partial charge in [0.1, 0.15) is 0 Å². The summed E-state index contributed by atoms with van der Waals surface area (Å²) >= 11 is 0. The first-order valence-electron chi connectivity index (χ1n) is 9.70. The Morgan fingerprint density at radius 2 is 1.05 bits per heavy atom. The van der Waals surface area contributed by atoms with Gasteiger partial charge in [-0.15, -0.1) is 0 Å². The second kappa shape index (κ2) is 19.9. The third-order valence-electron chi connectivity index (χ3n) is 4.02. The van der Waals surface area contributed by atoms with Gasteiger partial charge in [-0.05, 0) is 19.4 Å². The molecule has 0 saturated carbocycles. The summed E-state index contributed by atoms with van der Waals surface area (Å²) in [5.74, 6) is 0. The molecule has 0 saturated heterocycles. The smallest absolute Gasteiger partial charge is 0.0590 e. The summed E-state index contributed by atoms with van der Waals surface area (Å²) in [5.41, 5.74) is 0. The molecule has 0 aromatic heterocycles. The third-order valence-corrected chi connectivity index (χ3v) is 4.02. The van der Waals surface area contributed by atoms with E-state index in [1.807, 2.05) is 0 Å². The van der Waals surface area contributed by atoms with Crippen LogP contribution < -0.4 is 5.32 Å². The second-order valence-corrected chi connectivity index (χ2v) is 6.25. The van der Waals surface area contributed by atoms with E-state index in [1.165, 1.54) is 83.5 Å². The van der Waals surface area contributed by atoms with Crippen LogP contribution in [0.15, 0.2) is 0 Å². The Morgan fingerprint density at radius 3 is 1.67 bits per heavy atom. The summed E-state index contributed by atoms with van der Waals surface area (Å²) < 4.78 is 5.66. The van der Waals surface area contributed by atoms with Crippen LogP contribution in [0.2, 0.25) is 0 Å². The maximum Gasteiger partial charge on any atom is 0.0590 e. The van der Waals surface area contributed by atoms with Crippen molar-refractivity contribution in [3.05, 3.63) is 0 Å². The van der Waals surface area contributed by atoms with Gasteiger partial charge in [-0.3, -0.25) is 0 Å². The number of hydrogen-bond acceptors (Lipinski definition) is 2. The molecule has 21 heavy (non-hydrogen) atoms. The Morgan fingerprint density at radius 1 is 0.524 bits per heavy atom. The molecule has 0 aliphatic heterocycles. The molecule has 0 aliphatic carbocycles. The zero-order valence-electron chi connectivity index (χ0n) is 14.9. The topological polar surface area (TPSA) is 21.3 Å². The molecule has 0 radical (unpaired) electrons. The van der Waals surface area contributed by atoms with Gasteiger partial charge in [-0.2, -0.15) is 0 Å². The van der Waals surface area contributed by atoms with Crippen molar-refractivity contribution >= 4 is 0 Å². The van der Waals surface area contributed by atoms with Crippen molar-refractivity contribution in [2.45, 2.75) is 97.3 Å². The lowest BCUT2D eigenvalue weighted by Gasteiger charge is -2.06. The van der Waals surface area contributed by atoms with Crippen LogP contribution in [-0.4, -0.2) is 26.3 Å². The van der Waals surface area contributed by atoms with Crippen molar-refractivity contribution in [3.8, 4) is 0 Å². The zero-order chi connectivity index (χ0) is 15.4. The molecule has 0 aromatic carbocycles. The quantitative estimate of drug-likeness (QED) is 0.328. The van der Waals surface area contributed by atoms with Gasteiger partial charge in [0.15, 0.2) is 0 Å². The van der Waals surface area contributed by atoms with E-state index in [1.54, 1.807) is 0 Å². The Balaban J connectivity index is 2.90. The average molecular weight is 300 g/mol. The minimum absolute atomic E-state index is 0.880. The summed E-state index contributed by atoms with van der Waals surface area (Å²) in [4.78, 5) is 0. The van der Waals surface area contributed by atoms with Crippen LogP contribution in [0.1, 0.15) is 97.3 Å². The molecular weight excluding hydrogens is 258 g/mol. The van der Waals surface area contributed by atoms with E-state index in [0.29, 0.717) is 0 Å². The zero-order valence-corrected chi connectivity index (χ0v) is 14.9. The largest absolute Gasteiger partial charge is 0.380 e. The van der Waals surface area contributed by atoms with Crippen LogP contribution in [0.25, 0.3) is 0 Å². The molecule has 0 spiro atoms. The molecule has 1 N–H and O–H groups in total. The van der Waals surface area contributed by atoms with Crippen LogP contribution >= 0.6 is 0 Å². The molecule has 0 fully saturated rings. The maximum absolute atomic E-state index is 5.66. The van der Waals surface area contributed by atoms with E-state index in [4.69, 9.17) is 4.74 Å². The van der Waals surface area contributed by atoms with Crippen molar-refractivity contribution in [1.82, 2.24) is 5.32 Å². The third kappa shape index (κ3) is 19.9. The van der Waals surface area contributed by atoms with Crippen molar-refractivity contribution < 1.29 is 4.74 Å². The lowest BCUT2D eigenvalue weighted by atomic mass is 10.1. The summed E-state index contributed by atoms with van der Waals surface area (Å²) in [5, 5.41) is 3.45. The highest BCUT2D eigenvalue weighted by Crippen LogP contribution is 2.09. The van der Waals surface area contributed by atoms with Gasteiger partial charge >= 0.3 is 0 Å². The lowest BCUT2D eigenvalue weighted by Crippen LogP contribution is -2.21. The average Bonchev–Trinajstić information content (AvgIpc) is 2.50. The molecule has 0 bridgehead atoms. The van der Waals surface area contributed by atoms with E-state index in [-0.39, 0.29) is 0 Å². The Labute approximate surface area is 134 Å². The highest BCUT2D eigenvalue weighted by atomic mass is 16.5. The van der Waals surface area contributed by atoms with Crippen LogP contribution in [0, 0.1) is 0 Å². The first kappa shape index (κ1) is 20.9. The number of nitrogens with one attached hydrogen (secondary N) is 1. The fourth-order valence-electron chi connectivity index (χ4n) is 2.56. The first-order chi connectivity index (χ1) is 10.4. The van der Waals surface area contributed by atoms with E-state index in [0.717, 1.165) is 26.3 Å². The summed E-state index contributed by atoms with van der Waals surface area (Å²) in [6.07, 6.45) is 17.8. The van der Waals surface area contributed by atoms with Crippen LogP contribution in [0.4, 0.5) is 0 Å². The minimum Gasteiger partial charge on any atom is -0.380 e. The van der Waals surface area contributed by atoms with Crippen molar-refractivity contribution in [2.24, 2.45) is 0 Å². The van der Waals surface area contributed by atoms with Gasteiger partial charge in [-0.1, -0.05) is 84.5 Å². The number of unbranched alkanes of at least 4 members (excludes halogenated alkanes) is 11. The van der Waals surface area contributed by atoms with E-state index in [9.17, 15) is 0 Å². The Bertz CT molecular complexity index is 155. The number of hydrogen-bond donors (Lipinski definition) is 1. The second-order valence-electron chi connectivity index (χ2n) is 6.25. The molecule has 2 heteroatoms. The van der Waals surface area contributed by atoms with Crippen LogP contribution in [0.3, 0.4) is 0 Å². The highest BCUT2D eigenvalue weighted by molar-refractivity contribution is 4.49. The molecule has 0 rings (SSSR count). The van der Waals surface area contributed by atoms with E-state index in [2.05, 4.69) is 19.2 Å². The van der Waals surface area contributed by atoms with Gasteiger partial charge in [-0.25, -0.2) is 0 Å². The van der Waals surface area contributed by atoms with Crippen molar-refractivity contribution in [3.63, 3.8) is 0 Å². The normalized spacial score (nSPS) is 11.1. The summed E-state index contributed by atoms with van der Waals surface area (Å²) in [6, 6.07) is 0. The molecule has 0 aromatic rings. The van der Waals surface area contributed by atoms with Crippen LogP contribution in [-0.2, 0) is 4.74 Å². The number of ether oxygens (including phenoxy) is 1. The standard InChI is InChI=1S/C19H41NO/c1-3-5-7-9-10-11-12-13-15-18-21-19-17-20-16-14-8-6-4-2/h20H,3-19H2,1-2H3. The molecule has 0 atom stereocenters. The van der Waals surface area contributed by atoms with E-state index < -0.39 is 0 Å². The fourth-order valence-corrected chi connectivity index (χ4v) is 2.56. The highest BCUT2D eigenvalue weighted by Gasteiger charge is 1.93. The van der Waals surface area contributed by atoms with Crippen LogP contribution in [0.5, 0.6) is 0 Å². The maximum atomic E-state index is 5.66. The molecule has 0 unspecified atom stereocenters. The molecule has 0 amide bonds. The van der Waals surface area contributed by atoms with E-state index >= 15 is 0 Å². The van der Waals surface area contributed by atoms with Gasteiger partial charge in [0.25, 0.3) is 0 Å². The SMILES string of the molecule is CCCCCCCCCCCOCCNCCCCCC. The van der Waals surface area contributed by atoms with Gasteiger partial charge in [0.05, 0.1) is 6.61 Å². The predicted octanol–water partition coefficient (Wildman–Crippen LogP) is 5.70. The molecule has 128 valence electrons. The lowest BCUT2D eigenvalue weighted by molar-refractivity contribution is 0.131. The monoisotopic (exact) mass is 299 g/mol. The Hall–Kier alpha value is -0.0800. The first-order valence-corrected chi connectivity index (χ1v) is 9.70. The summed E-state index contributed by atoms with van der Waals surface area (Å²) in [6.45, 7) is 8.54. The minimum atomic E-state index is 0.880.